The van der Waals surface area contributed by atoms with E-state index in [1.807, 2.05) is 24.2 Å². The van der Waals surface area contributed by atoms with Gasteiger partial charge in [-0.05, 0) is 49.1 Å². The van der Waals surface area contributed by atoms with Gasteiger partial charge in [0.05, 0.1) is 0 Å². The fourth-order valence-corrected chi connectivity index (χ4v) is 2.04. The Balaban J connectivity index is 2.16. The third-order valence-corrected chi connectivity index (χ3v) is 3.31. The molecule has 1 rings (SSSR count). The molecule has 0 spiro atoms. The third-order valence-electron chi connectivity index (χ3n) is 2.33. The van der Waals surface area contributed by atoms with Crippen molar-refractivity contribution in [2.45, 2.75) is 26.3 Å². The molecule has 0 aliphatic heterocycles. The molecule has 0 fully saturated rings. The van der Waals surface area contributed by atoms with E-state index in [1.165, 1.54) is 23.5 Å². The van der Waals surface area contributed by atoms with E-state index in [4.69, 9.17) is 0 Å². The van der Waals surface area contributed by atoms with E-state index in [1.54, 1.807) is 0 Å². The van der Waals surface area contributed by atoms with Gasteiger partial charge in [-0.2, -0.15) is 11.8 Å². The number of rotatable bonds is 7. The molecule has 0 aromatic carbocycles. The van der Waals surface area contributed by atoms with E-state index in [0.717, 1.165) is 6.54 Å². The van der Waals surface area contributed by atoms with Crippen LogP contribution in [0, 0.1) is 0 Å². The van der Waals surface area contributed by atoms with E-state index in [9.17, 15) is 0 Å². The highest BCUT2D eigenvalue weighted by Crippen LogP contribution is 2.10. The van der Waals surface area contributed by atoms with Crippen LogP contribution in [0.5, 0.6) is 0 Å². The Morgan fingerprint density at radius 1 is 1.40 bits per heavy atom. The molecule has 0 bridgehead atoms. The van der Waals surface area contributed by atoms with Crippen LogP contribution in [-0.2, 0) is 0 Å². The summed E-state index contributed by atoms with van der Waals surface area (Å²) in [5.74, 6) is 2.48. The molecule has 0 saturated carbocycles. The summed E-state index contributed by atoms with van der Waals surface area (Å²) in [6, 6.07) is 4.57. The van der Waals surface area contributed by atoms with Gasteiger partial charge in [0.15, 0.2) is 0 Å². The zero-order valence-electron chi connectivity index (χ0n) is 9.57. The Morgan fingerprint density at radius 3 is 2.80 bits per heavy atom. The van der Waals surface area contributed by atoms with Crippen LogP contribution < -0.4 is 5.32 Å². The summed E-state index contributed by atoms with van der Waals surface area (Å²) in [7, 11) is 0. The van der Waals surface area contributed by atoms with Gasteiger partial charge in [0.1, 0.15) is 0 Å². The number of aromatic nitrogens is 1. The molecule has 1 heterocycles. The lowest BCUT2D eigenvalue weighted by Gasteiger charge is -2.13. The number of pyridine rings is 1. The molecule has 1 aromatic heterocycles. The van der Waals surface area contributed by atoms with Crippen molar-refractivity contribution in [3.05, 3.63) is 30.1 Å². The highest BCUT2D eigenvalue weighted by atomic mass is 32.2. The lowest BCUT2D eigenvalue weighted by atomic mass is 10.1. The van der Waals surface area contributed by atoms with Gasteiger partial charge in [0.25, 0.3) is 0 Å². The Labute approximate surface area is 96.9 Å². The molecule has 0 aliphatic rings. The minimum Gasteiger partial charge on any atom is -0.310 e. The normalized spacial score (nSPS) is 12.7. The van der Waals surface area contributed by atoms with Crippen LogP contribution in [0.1, 0.15) is 31.9 Å². The SMILES string of the molecule is CCSCCCN[C@@H](C)c1ccncc1. The van der Waals surface area contributed by atoms with Gasteiger partial charge in [0.2, 0.25) is 0 Å². The maximum Gasteiger partial charge on any atom is 0.0292 e. The van der Waals surface area contributed by atoms with E-state index < -0.39 is 0 Å². The second-order valence-electron chi connectivity index (χ2n) is 3.51. The number of hydrogen-bond acceptors (Lipinski definition) is 3. The molecular formula is C12H20N2S. The van der Waals surface area contributed by atoms with Crippen LogP contribution in [0.3, 0.4) is 0 Å². The fourth-order valence-electron chi connectivity index (χ4n) is 1.41. The van der Waals surface area contributed by atoms with Crippen LogP contribution in [0.4, 0.5) is 0 Å². The Morgan fingerprint density at radius 2 is 2.13 bits per heavy atom. The van der Waals surface area contributed by atoms with Crippen molar-refractivity contribution in [1.82, 2.24) is 10.3 Å². The summed E-state index contributed by atoms with van der Waals surface area (Å²) in [5, 5.41) is 3.52. The second kappa shape index (κ2) is 7.71. The Bertz CT molecular complexity index is 251. The summed E-state index contributed by atoms with van der Waals surface area (Å²) in [6.07, 6.45) is 4.94. The van der Waals surface area contributed by atoms with Crippen molar-refractivity contribution in [1.29, 1.82) is 0 Å². The average molecular weight is 224 g/mol. The molecule has 15 heavy (non-hydrogen) atoms. The largest absolute Gasteiger partial charge is 0.310 e. The van der Waals surface area contributed by atoms with Gasteiger partial charge < -0.3 is 5.32 Å². The zero-order chi connectivity index (χ0) is 10.9. The van der Waals surface area contributed by atoms with E-state index >= 15 is 0 Å². The van der Waals surface area contributed by atoms with Crippen LogP contribution in [0.25, 0.3) is 0 Å². The average Bonchev–Trinajstić information content (AvgIpc) is 2.30. The first kappa shape index (κ1) is 12.5. The van der Waals surface area contributed by atoms with E-state index in [2.05, 4.69) is 36.3 Å². The molecule has 2 nitrogen and oxygen atoms in total. The van der Waals surface area contributed by atoms with Crippen molar-refractivity contribution >= 4 is 11.8 Å². The van der Waals surface area contributed by atoms with Crippen molar-refractivity contribution in [2.75, 3.05) is 18.1 Å². The number of hydrogen-bond donors (Lipinski definition) is 1. The fraction of sp³-hybridized carbons (Fsp3) is 0.583. The monoisotopic (exact) mass is 224 g/mol. The van der Waals surface area contributed by atoms with Crippen LogP contribution in [0.15, 0.2) is 24.5 Å². The Kier molecular flexibility index (Phi) is 6.44. The van der Waals surface area contributed by atoms with Gasteiger partial charge in [-0.1, -0.05) is 6.92 Å². The molecule has 0 unspecified atom stereocenters. The molecule has 1 atom stereocenters. The molecule has 0 radical (unpaired) electrons. The lowest BCUT2D eigenvalue weighted by molar-refractivity contribution is 0.572. The van der Waals surface area contributed by atoms with Crippen LogP contribution in [0.2, 0.25) is 0 Å². The van der Waals surface area contributed by atoms with Crippen LogP contribution in [-0.4, -0.2) is 23.0 Å². The maximum atomic E-state index is 4.02. The predicted molar refractivity (Wildman–Crippen MR) is 68.3 cm³/mol. The summed E-state index contributed by atoms with van der Waals surface area (Å²) < 4.78 is 0. The molecule has 0 amide bonds. The van der Waals surface area contributed by atoms with Gasteiger partial charge in [0, 0.05) is 18.4 Å². The summed E-state index contributed by atoms with van der Waals surface area (Å²) >= 11 is 2.01. The van der Waals surface area contributed by atoms with E-state index in [0.29, 0.717) is 6.04 Å². The first-order valence-electron chi connectivity index (χ1n) is 5.55. The predicted octanol–water partition coefficient (Wildman–Crippen LogP) is 2.88. The zero-order valence-corrected chi connectivity index (χ0v) is 10.4. The Hall–Kier alpha value is -0.540. The quantitative estimate of drug-likeness (QED) is 0.721. The number of thioether (sulfide) groups is 1. The first-order chi connectivity index (χ1) is 7.34. The molecule has 1 N–H and O–H groups in total. The maximum absolute atomic E-state index is 4.02. The van der Waals surface area contributed by atoms with Gasteiger partial charge in [-0.25, -0.2) is 0 Å². The molecule has 1 aromatic rings. The van der Waals surface area contributed by atoms with Gasteiger partial charge >= 0.3 is 0 Å². The summed E-state index contributed by atoms with van der Waals surface area (Å²) in [5.41, 5.74) is 1.31. The highest BCUT2D eigenvalue weighted by molar-refractivity contribution is 7.99. The smallest absolute Gasteiger partial charge is 0.0292 e. The molecule has 0 saturated heterocycles. The lowest BCUT2D eigenvalue weighted by Crippen LogP contribution is -2.20. The van der Waals surface area contributed by atoms with Crippen molar-refractivity contribution < 1.29 is 0 Å². The standard InChI is InChI=1S/C12H20N2S/c1-3-15-10-4-7-14-11(2)12-5-8-13-9-6-12/h5-6,8-9,11,14H,3-4,7,10H2,1-2H3/t11-/m0/s1. The molecule has 3 heteroatoms. The minimum absolute atomic E-state index is 0.430. The van der Waals surface area contributed by atoms with Gasteiger partial charge in [-0.15, -0.1) is 0 Å². The second-order valence-corrected chi connectivity index (χ2v) is 4.90. The van der Waals surface area contributed by atoms with E-state index in [-0.39, 0.29) is 0 Å². The first-order valence-corrected chi connectivity index (χ1v) is 6.71. The summed E-state index contributed by atoms with van der Waals surface area (Å²) in [6.45, 7) is 5.50. The number of nitrogens with zero attached hydrogens (tertiary/aromatic N) is 1. The van der Waals surface area contributed by atoms with Crippen molar-refractivity contribution in [2.24, 2.45) is 0 Å². The van der Waals surface area contributed by atoms with Crippen LogP contribution >= 0.6 is 11.8 Å². The highest BCUT2D eigenvalue weighted by Gasteiger charge is 2.02. The third kappa shape index (κ3) is 5.19. The van der Waals surface area contributed by atoms with Gasteiger partial charge in [-0.3, -0.25) is 4.98 Å². The molecule has 84 valence electrons. The van der Waals surface area contributed by atoms with Crippen molar-refractivity contribution in [3.63, 3.8) is 0 Å². The summed E-state index contributed by atoms with van der Waals surface area (Å²) in [4.78, 5) is 4.02. The molecule has 0 aliphatic carbocycles. The minimum atomic E-state index is 0.430. The van der Waals surface area contributed by atoms with Crippen molar-refractivity contribution in [3.8, 4) is 0 Å². The number of nitrogens with one attached hydrogen (secondary N) is 1. The molecular weight excluding hydrogens is 204 g/mol. The topological polar surface area (TPSA) is 24.9 Å².